The highest BCUT2D eigenvalue weighted by Crippen LogP contribution is 2.50. The molecule has 1 N–H and O–H groups in total. The first kappa shape index (κ1) is 20.8. The van der Waals surface area contributed by atoms with Crippen LogP contribution in [0.3, 0.4) is 0 Å². The first-order valence-electron chi connectivity index (χ1n) is 9.85. The van der Waals surface area contributed by atoms with E-state index >= 15 is 0 Å². The van der Waals surface area contributed by atoms with Crippen LogP contribution in [0.5, 0.6) is 17.2 Å². The number of hydrogen-bond acceptors (Lipinski definition) is 7. The van der Waals surface area contributed by atoms with E-state index in [4.69, 9.17) is 19.3 Å². The van der Waals surface area contributed by atoms with E-state index in [0.29, 0.717) is 23.5 Å². The monoisotopic (exact) mass is 514 g/mol. The van der Waals surface area contributed by atoms with Gasteiger partial charge in [0.15, 0.2) is 11.5 Å². The molecule has 0 saturated carbocycles. The predicted octanol–water partition coefficient (Wildman–Crippen LogP) is 5.47. The Balaban J connectivity index is 1.69. The molecule has 9 heteroatoms. The number of hydrogen-bond donors (Lipinski definition) is 1. The number of halogens is 1. The van der Waals surface area contributed by atoms with Gasteiger partial charge in [0.25, 0.3) is 0 Å². The van der Waals surface area contributed by atoms with Crippen LogP contribution in [-0.4, -0.2) is 36.0 Å². The second kappa shape index (κ2) is 8.14. The van der Waals surface area contributed by atoms with Crippen LogP contribution in [0.2, 0.25) is 0 Å². The van der Waals surface area contributed by atoms with Crippen molar-refractivity contribution < 1.29 is 24.1 Å². The molecule has 0 unspecified atom stereocenters. The SMILES string of the molecule is COc1ccc([C@H]2Oc3ccc(Br)cc3[C@@H]3CC(c4cccs4)=NN23)c(C(=O)O)c1OC. The molecule has 0 fully saturated rings. The number of benzene rings is 2. The van der Waals surface area contributed by atoms with Crippen LogP contribution < -0.4 is 14.2 Å². The van der Waals surface area contributed by atoms with Gasteiger partial charge in [-0.15, -0.1) is 11.3 Å². The zero-order valence-electron chi connectivity index (χ0n) is 17.2. The molecule has 1 aromatic heterocycles. The van der Waals surface area contributed by atoms with Crippen LogP contribution in [0.4, 0.5) is 0 Å². The minimum atomic E-state index is -1.13. The van der Waals surface area contributed by atoms with E-state index in [2.05, 4.69) is 15.9 Å². The fourth-order valence-electron chi connectivity index (χ4n) is 4.22. The molecular formula is C23H19BrN2O5S. The maximum atomic E-state index is 12.3. The van der Waals surface area contributed by atoms with Gasteiger partial charge in [-0.3, -0.25) is 0 Å². The van der Waals surface area contributed by atoms with Crippen LogP contribution in [-0.2, 0) is 0 Å². The molecule has 32 heavy (non-hydrogen) atoms. The highest BCUT2D eigenvalue weighted by atomic mass is 79.9. The number of carbonyl (C=O) groups is 1. The summed E-state index contributed by atoms with van der Waals surface area (Å²) in [6, 6.07) is 13.2. The van der Waals surface area contributed by atoms with Crippen LogP contribution >= 0.6 is 27.3 Å². The highest BCUT2D eigenvalue weighted by Gasteiger charge is 2.43. The largest absolute Gasteiger partial charge is 0.493 e. The first-order valence-corrected chi connectivity index (χ1v) is 11.5. The lowest BCUT2D eigenvalue weighted by Gasteiger charge is -2.38. The van der Waals surface area contributed by atoms with Gasteiger partial charge in [-0.25, -0.2) is 9.80 Å². The summed E-state index contributed by atoms with van der Waals surface area (Å²) < 4.78 is 18.0. The molecule has 3 heterocycles. The smallest absolute Gasteiger partial charge is 0.340 e. The summed E-state index contributed by atoms with van der Waals surface area (Å²) in [6.07, 6.45) is -0.0449. The molecule has 164 valence electrons. The molecule has 5 rings (SSSR count). The van der Waals surface area contributed by atoms with Crippen molar-refractivity contribution in [2.45, 2.75) is 18.7 Å². The lowest BCUT2D eigenvalue weighted by molar-refractivity contribution is -0.0199. The molecule has 7 nitrogen and oxygen atoms in total. The normalized spacial score (nSPS) is 19.0. The average molecular weight is 515 g/mol. The Labute approximate surface area is 197 Å². The van der Waals surface area contributed by atoms with Gasteiger partial charge in [-0.1, -0.05) is 22.0 Å². The molecule has 0 radical (unpaired) electrons. The lowest BCUT2D eigenvalue weighted by Crippen LogP contribution is -2.34. The quantitative estimate of drug-likeness (QED) is 0.486. The maximum Gasteiger partial charge on any atom is 0.340 e. The summed E-state index contributed by atoms with van der Waals surface area (Å²) in [5.41, 5.74) is 2.40. The third-order valence-corrected chi connectivity index (χ3v) is 7.03. The van der Waals surface area contributed by atoms with Gasteiger partial charge >= 0.3 is 5.97 Å². The Hall–Kier alpha value is -3.04. The Morgan fingerprint density at radius 1 is 1.22 bits per heavy atom. The molecule has 0 saturated heterocycles. The van der Waals surface area contributed by atoms with E-state index in [1.165, 1.54) is 14.2 Å². The number of hydrazone groups is 1. The molecular weight excluding hydrogens is 496 g/mol. The van der Waals surface area contributed by atoms with Crippen molar-refractivity contribution in [3.63, 3.8) is 0 Å². The number of aromatic carboxylic acids is 1. The Kier molecular flexibility index (Phi) is 5.30. The first-order chi connectivity index (χ1) is 15.5. The molecule has 0 aliphatic carbocycles. The Morgan fingerprint density at radius 2 is 2.06 bits per heavy atom. The molecule has 2 atom stereocenters. The number of carboxylic acids is 1. The second-order valence-corrected chi connectivity index (χ2v) is 9.21. The number of carboxylic acid groups (broad SMARTS) is 1. The van der Waals surface area contributed by atoms with Gasteiger partial charge < -0.3 is 19.3 Å². The molecule has 2 aliphatic heterocycles. The van der Waals surface area contributed by atoms with Gasteiger partial charge in [-0.05, 0) is 41.8 Å². The van der Waals surface area contributed by atoms with Crippen molar-refractivity contribution in [2.24, 2.45) is 5.10 Å². The predicted molar refractivity (Wildman–Crippen MR) is 124 cm³/mol. The number of thiophene rings is 1. The summed E-state index contributed by atoms with van der Waals surface area (Å²) in [7, 11) is 2.90. The zero-order valence-corrected chi connectivity index (χ0v) is 19.6. The second-order valence-electron chi connectivity index (χ2n) is 7.35. The molecule has 0 spiro atoms. The van der Waals surface area contributed by atoms with Crippen molar-refractivity contribution in [1.29, 1.82) is 0 Å². The van der Waals surface area contributed by atoms with Crippen molar-refractivity contribution in [3.05, 3.63) is 73.9 Å². The van der Waals surface area contributed by atoms with Crippen molar-refractivity contribution in [2.75, 3.05) is 14.2 Å². The minimum absolute atomic E-state index is 0.00376. The fraction of sp³-hybridized carbons (Fsp3) is 0.217. The van der Waals surface area contributed by atoms with Gasteiger partial charge in [-0.2, -0.15) is 5.10 Å². The van der Waals surface area contributed by atoms with Gasteiger partial charge in [0.2, 0.25) is 6.23 Å². The standard InChI is InChI=1S/C23H19BrN2O5S/c1-29-18-8-6-13(20(23(27)28)21(18)30-2)22-26-16(11-15(25-26)19-4-3-9-32-19)14-10-12(24)5-7-17(14)31-22/h3-10,16,22H,11H2,1-2H3,(H,27,28)/t16-,22+/m0/s1. The highest BCUT2D eigenvalue weighted by molar-refractivity contribution is 9.10. The van der Waals surface area contributed by atoms with Gasteiger partial charge in [0, 0.05) is 22.0 Å². The Morgan fingerprint density at radius 3 is 2.75 bits per heavy atom. The van der Waals surface area contributed by atoms with Gasteiger partial charge in [0.05, 0.1) is 30.9 Å². The van der Waals surface area contributed by atoms with Gasteiger partial charge in [0.1, 0.15) is 11.3 Å². The van der Waals surface area contributed by atoms with Crippen molar-refractivity contribution in [3.8, 4) is 17.2 Å². The molecule has 0 amide bonds. The summed E-state index contributed by atoms with van der Waals surface area (Å²) in [5, 5.41) is 18.8. The fourth-order valence-corrected chi connectivity index (χ4v) is 5.32. The van der Waals surface area contributed by atoms with E-state index in [1.807, 2.05) is 40.7 Å². The van der Waals surface area contributed by atoms with Crippen LogP contribution in [0.1, 0.15) is 45.1 Å². The van der Waals surface area contributed by atoms with Crippen LogP contribution in [0.15, 0.2) is 57.4 Å². The lowest BCUT2D eigenvalue weighted by atomic mass is 9.96. The number of nitrogens with zero attached hydrogens (tertiary/aromatic N) is 2. The summed E-state index contributed by atoms with van der Waals surface area (Å²) in [4.78, 5) is 13.4. The number of rotatable bonds is 5. The topological polar surface area (TPSA) is 80.6 Å². The summed E-state index contributed by atoms with van der Waals surface area (Å²) >= 11 is 5.18. The summed E-state index contributed by atoms with van der Waals surface area (Å²) in [6.45, 7) is 0. The van der Waals surface area contributed by atoms with E-state index in [-0.39, 0.29) is 17.4 Å². The van der Waals surface area contributed by atoms with E-state index in [0.717, 1.165) is 20.6 Å². The van der Waals surface area contributed by atoms with E-state index in [1.54, 1.807) is 23.5 Å². The number of ether oxygens (including phenoxy) is 3. The number of fused-ring (bicyclic) bond motifs is 3. The zero-order chi connectivity index (χ0) is 22.4. The minimum Gasteiger partial charge on any atom is -0.493 e. The van der Waals surface area contributed by atoms with Crippen LogP contribution in [0, 0.1) is 0 Å². The summed E-state index contributed by atoms with van der Waals surface area (Å²) in [5.74, 6) is 0.0720. The Bertz CT molecular complexity index is 1230. The van der Waals surface area contributed by atoms with Crippen LogP contribution in [0.25, 0.3) is 0 Å². The molecule has 2 aliphatic rings. The molecule has 0 bridgehead atoms. The van der Waals surface area contributed by atoms with Crippen molar-refractivity contribution in [1.82, 2.24) is 5.01 Å². The third-order valence-electron chi connectivity index (χ3n) is 5.62. The molecule has 2 aromatic carbocycles. The third kappa shape index (κ3) is 3.32. The van der Waals surface area contributed by atoms with E-state index in [9.17, 15) is 9.90 Å². The molecule has 3 aromatic rings. The van der Waals surface area contributed by atoms with E-state index < -0.39 is 12.2 Å². The van der Waals surface area contributed by atoms with Crippen molar-refractivity contribution >= 4 is 38.9 Å². The average Bonchev–Trinajstić information content (AvgIpc) is 3.47. The number of methoxy groups -OCH3 is 2. The maximum absolute atomic E-state index is 12.3.